The Balaban J connectivity index is 2.00. The molecular weight excluding hydrogens is 232 g/mol. The Kier molecular flexibility index (Phi) is 2.71. The second-order valence-electron chi connectivity index (χ2n) is 4.41. The molecule has 3 rings (SSSR count). The fourth-order valence-electron chi connectivity index (χ4n) is 2.16. The summed E-state index contributed by atoms with van der Waals surface area (Å²) in [6.07, 6.45) is 2.20. The number of β-amino-alcohol motifs (C(OH)–C–C–N with tert-alkyl or cyclic N) is 1. The molecule has 6 heteroatoms. The van der Waals surface area contributed by atoms with E-state index in [9.17, 15) is 5.11 Å². The van der Waals surface area contributed by atoms with Crippen LogP contribution in [0, 0.1) is 6.92 Å². The van der Waals surface area contributed by atoms with E-state index in [2.05, 4.69) is 15.1 Å². The van der Waals surface area contributed by atoms with Gasteiger partial charge in [0.05, 0.1) is 11.7 Å². The maximum atomic E-state index is 9.61. The van der Waals surface area contributed by atoms with Crippen molar-refractivity contribution in [3.8, 4) is 11.5 Å². The van der Waals surface area contributed by atoms with Crippen molar-refractivity contribution in [1.29, 1.82) is 0 Å². The average molecular weight is 246 g/mol. The zero-order valence-corrected chi connectivity index (χ0v) is 10.1. The highest BCUT2D eigenvalue weighted by Gasteiger charge is 2.25. The van der Waals surface area contributed by atoms with Crippen LogP contribution in [-0.2, 0) is 0 Å². The molecular formula is C12H14N4O2. The summed E-state index contributed by atoms with van der Waals surface area (Å²) in [4.78, 5) is 10.6. The minimum atomic E-state index is -0.288. The lowest BCUT2D eigenvalue weighted by molar-refractivity contribution is 0.198. The van der Waals surface area contributed by atoms with Crippen molar-refractivity contribution in [3.63, 3.8) is 0 Å². The summed E-state index contributed by atoms with van der Waals surface area (Å²) in [7, 11) is 0. The molecule has 0 spiro atoms. The smallest absolute Gasteiger partial charge is 0.261 e. The number of hydrogen-bond donors (Lipinski definition) is 1. The van der Waals surface area contributed by atoms with Gasteiger partial charge in [-0.05, 0) is 25.5 Å². The van der Waals surface area contributed by atoms with Crippen LogP contribution >= 0.6 is 0 Å². The SMILES string of the molecule is Cc1noc(-c2cccnc2N2CC[C@@H](O)C2)n1. The van der Waals surface area contributed by atoms with Crippen LogP contribution in [0.2, 0.25) is 0 Å². The first-order valence-corrected chi connectivity index (χ1v) is 5.93. The highest BCUT2D eigenvalue weighted by Crippen LogP contribution is 2.29. The van der Waals surface area contributed by atoms with Gasteiger partial charge in [-0.2, -0.15) is 4.98 Å². The van der Waals surface area contributed by atoms with E-state index in [1.165, 1.54) is 0 Å². The Morgan fingerprint density at radius 3 is 3.06 bits per heavy atom. The van der Waals surface area contributed by atoms with Crippen LogP contribution in [0.4, 0.5) is 5.82 Å². The number of pyridine rings is 1. The van der Waals surface area contributed by atoms with Gasteiger partial charge in [0, 0.05) is 19.3 Å². The third-order valence-electron chi connectivity index (χ3n) is 3.01. The number of hydrogen-bond acceptors (Lipinski definition) is 6. The fraction of sp³-hybridized carbons (Fsp3) is 0.417. The summed E-state index contributed by atoms with van der Waals surface area (Å²) in [6, 6.07) is 3.74. The van der Waals surface area contributed by atoms with Gasteiger partial charge < -0.3 is 14.5 Å². The number of anilines is 1. The molecule has 0 aliphatic carbocycles. The minimum absolute atomic E-state index is 0.288. The Bertz CT molecular complexity index is 555. The number of aliphatic hydroxyl groups is 1. The summed E-state index contributed by atoms with van der Waals surface area (Å²) in [5.41, 5.74) is 0.812. The van der Waals surface area contributed by atoms with Crippen molar-refractivity contribution in [2.75, 3.05) is 18.0 Å². The van der Waals surface area contributed by atoms with Gasteiger partial charge in [-0.1, -0.05) is 5.16 Å². The van der Waals surface area contributed by atoms with Crippen LogP contribution in [0.5, 0.6) is 0 Å². The van der Waals surface area contributed by atoms with E-state index in [1.807, 2.05) is 17.0 Å². The van der Waals surface area contributed by atoms with Gasteiger partial charge in [-0.15, -0.1) is 0 Å². The molecule has 0 bridgehead atoms. The lowest BCUT2D eigenvalue weighted by Crippen LogP contribution is -2.22. The monoisotopic (exact) mass is 246 g/mol. The quantitative estimate of drug-likeness (QED) is 0.852. The van der Waals surface area contributed by atoms with Gasteiger partial charge in [0.2, 0.25) is 0 Å². The third kappa shape index (κ3) is 1.95. The molecule has 0 radical (unpaired) electrons. The summed E-state index contributed by atoms with van der Waals surface area (Å²) in [5, 5.41) is 13.4. The third-order valence-corrected chi connectivity index (χ3v) is 3.01. The standard InChI is InChI=1S/C12H14N4O2/c1-8-14-12(18-15-8)10-3-2-5-13-11(10)16-6-4-9(17)7-16/h2-3,5,9,17H,4,6-7H2,1H3/t9-/m1/s1. The van der Waals surface area contributed by atoms with E-state index in [4.69, 9.17) is 4.52 Å². The van der Waals surface area contributed by atoms with Crippen LogP contribution < -0.4 is 4.90 Å². The first-order valence-electron chi connectivity index (χ1n) is 5.93. The number of nitrogens with zero attached hydrogens (tertiary/aromatic N) is 4. The second-order valence-corrected chi connectivity index (χ2v) is 4.41. The zero-order chi connectivity index (χ0) is 12.5. The lowest BCUT2D eigenvalue weighted by Gasteiger charge is -2.18. The van der Waals surface area contributed by atoms with Crippen LogP contribution in [-0.4, -0.2) is 39.4 Å². The van der Waals surface area contributed by atoms with Crippen LogP contribution in [0.25, 0.3) is 11.5 Å². The number of aliphatic hydroxyl groups excluding tert-OH is 1. The molecule has 1 N–H and O–H groups in total. The van der Waals surface area contributed by atoms with Gasteiger partial charge in [-0.25, -0.2) is 4.98 Å². The number of rotatable bonds is 2. The normalized spacial score (nSPS) is 19.4. The molecule has 3 heterocycles. The van der Waals surface area contributed by atoms with Gasteiger partial charge in [0.25, 0.3) is 5.89 Å². The van der Waals surface area contributed by atoms with Gasteiger partial charge >= 0.3 is 0 Å². The summed E-state index contributed by atoms with van der Waals surface area (Å²) >= 11 is 0. The molecule has 0 unspecified atom stereocenters. The number of aromatic nitrogens is 3. The van der Waals surface area contributed by atoms with Crippen molar-refractivity contribution in [1.82, 2.24) is 15.1 Å². The van der Waals surface area contributed by atoms with Crippen molar-refractivity contribution in [3.05, 3.63) is 24.2 Å². The summed E-state index contributed by atoms with van der Waals surface area (Å²) in [6.45, 7) is 3.16. The largest absolute Gasteiger partial charge is 0.391 e. The first kappa shape index (κ1) is 11.2. The van der Waals surface area contributed by atoms with Crippen LogP contribution in [0.1, 0.15) is 12.2 Å². The van der Waals surface area contributed by atoms with Gasteiger partial charge in [0.1, 0.15) is 5.82 Å². The summed E-state index contributed by atoms with van der Waals surface area (Å²) < 4.78 is 5.19. The molecule has 2 aromatic rings. The van der Waals surface area contributed by atoms with Gasteiger partial charge in [-0.3, -0.25) is 0 Å². The van der Waals surface area contributed by atoms with Crippen molar-refractivity contribution < 1.29 is 9.63 Å². The van der Waals surface area contributed by atoms with E-state index in [0.717, 1.165) is 24.3 Å². The molecule has 0 aromatic carbocycles. The molecule has 0 amide bonds. The molecule has 18 heavy (non-hydrogen) atoms. The Labute approximate surface area is 104 Å². The maximum Gasteiger partial charge on any atom is 0.261 e. The molecule has 94 valence electrons. The number of aryl methyl sites for hydroxylation is 1. The van der Waals surface area contributed by atoms with E-state index >= 15 is 0 Å². The van der Waals surface area contributed by atoms with Crippen molar-refractivity contribution in [2.24, 2.45) is 0 Å². The van der Waals surface area contributed by atoms with E-state index < -0.39 is 0 Å². The topological polar surface area (TPSA) is 75.3 Å². The molecule has 6 nitrogen and oxygen atoms in total. The lowest BCUT2D eigenvalue weighted by atomic mass is 10.2. The van der Waals surface area contributed by atoms with Crippen LogP contribution in [0.3, 0.4) is 0 Å². The fourth-order valence-corrected chi connectivity index (χ4v) is 2.16. The highest BCUT2D eigenvalue weighted by molar-refractivity contribution is 5.70. The Morgan fingerprint density at radius 2 is 2.39 bits per heavy atom. The molecule has 1 fully saturated rings. The highest BCUT2D eigenvalue weighted by atomic mass is 16.5. The Morgan fingerprint density at radius 1 is 1.50 bits per heavy atom. The second kappa shape index (κ2) is 4.38. The van der Waals surface area contributed by atoms with Gasteiger partial charge in [0.15, 0.2) is 5.82 Å². The van der Waals surface area contributed by atoms with Crippen molar-refractivity contribution in [2.45, 2.75) is 19.4 Å². The van der Waals surface area contributed by atoms with E-state index in [1.54, 1.807) is 13.1 Å². The predicted octanol–water partition coefficient (Wildman–Crippen LogP) is 1.01. The minimum Gasteiger partial charge on any atom is -0.391 e. The molecule has 1 atom stereocenters. The predicted molar refractivity (Wildman–Crippen MR) is 65.1 cm³/mol. The van der Waals surface area contributed by atoms with Crippen molar-refractivity contribution >= 4 is 5.82 Å². The Hall–Kier alpha value is -1.95. The molecule has 0 saturated carbocycles. The first-order chi connectivity index (χ1) is 8.74. The van der Waals surface area contributed by atoms with E-state index in [0.29, 0.717) is 18.3 Å². The summed E-state index contributed by atoms with van der Waals surface area (Å²) in [5.74, 6) is 1.86. The average Bonchev–Trinajstić information content (AvgIpc) is 2.98. The zero-order valence-electron chi connectivity index (χ0n) is 10.1. The maximum absolute atomic E-state index is 9.61. The molecule has 1 aliphatic rings. The van der Waals surface area contributed by atoms with Crippen LogP contribution in [0.15, 0.2) is 22.9 Å². The molecule has 1 saturated heterocycles. The molecule has 2 aromatic heterocycles. The molecule has 1 aliphatic heterocycles. The van der Waals surface area contributed by atoms with E-state index in [-0.39, 0.29) is 6.10 Å².